The Balaban J connectivity index is 1.68. The summed E-state index contributed by atoms with van der Waals surface area (Å²) in [7, 11) is 0. The number of benzene rings is 1. The molecule has 0 aromatic heterocycles. The highest BCUT2D eigenvalue weighted by atomic mass is 19.1. The van der Waals surface area contributed by atoms with Gasteiger partial charge in [0.05, 0.1) is 0 Å². The van der Waals surface area contributed by atoms with Crippen LogP contribution in [-0.2, 0) is 4.79 Å². The van der Waals surface area contributed by atoms with E-state index >= 15 is 0 Å². The quantitative estimate of drug-likeness (QED) is 0.768. The summed E-state index contributed by atoms with van der Waals surface area (Å²) in [5.41, 5.74) is 0.343. The van der Waals surface area contributed by atoms with Crippen LogP contribution >= 0.6 is 0 Å². The van der Waals surface area contributed by atoms with Gasteiger partial charge in [0.15, 0.2) is 0 Å². The molecule has 2 amide bonds. The van der Waals surface area contributed by atoms with Crippen LogP contribution in [0, 0.1) is 5.82 Å². The lowest BCUT2D eigenvalue weighted by atomic mass is 10.1. The zero-order valence-electron chi connectivity index (χ0n) is 16.7. The van der Waals surface area contributed by atoms with E-state index in [9.17, 15) is 14.0 Å². The number of amides is 2. The van der Waals surface area contributed by atoms with Gasteiger partial charge in [-0.25, -0.2) is 4.39 Å². The van der Waals surface area contributed by atoms with E-state index in [1.807, 2.05) is 4.90 Å². The molecule has 1 aromatic rings. The summed E-state index contributed by atoms with van der Waals surface area (Å²) in [4.78, 5) is 31.6. The fraction of sp³-hybridized carbons (Fsp3) is 0.619. The normalized spacial score (nSPS) is 20.4. The fourth-order valence-electron chi connectivity index (χ4n) is 4.16. The predicted molar refractivity (Wildman–Crippen MR) is 107 cm³/mol. The highest BCUT2D eigenvalue weighted by Crippen LogP contribution is 2.19. The Hall–Kier alpha value is -1.99. The first-order valence-electron chi connectivity index (χ1n) is 10.4. The van der Waals surface area contributed by atoms with Crippen LogP contribution in [0.3, 0.4) is 0 Å². The minimum Gasteiger partial charge on any atom is -0.340 e. The molecule has 0 unspecified atom stereocenters. The van der Waals surface area contributed by atoms with E-state index in [-0.39, 0.29) is 11.8 Å². The number of nitrogens with one attached hydrogen (secondary N) is 1. The molecule has 154 valence electrons. The third-order valence-electron chi connectivity index (χ3n) is 5.76. The van der Waals surface area contributed by atoms with Crippen LogP contribution in [0.15, 0.2) is 24.3 Å². The Morgan fingerprint density at radius 2 is 2.04 bits per heavy atom. The number of carbonyl (C=O) groups is 2. The minimum absolute atomic E-state index is 0.0808. The molecule has 2 aliphatic heterocycles. The van der Waals surface area contributed by atoms with Gasteiger partial charge >= 0.3 is 0 Å². The third kappa shape index (κ3) is 5.29. The lowest BCUT2D eigenvalue weighted by Crippen LogP contribution is -2.48. The average Bonchev–Trinajstić information content (AvgIpc) is 3.18. The monoisotopic (exact) mass is 390 g/mol. The number of likely N-dealkylation sites (N-methyl/N-ethyl adjacent to an activating group) is 1. The summed E-state index contributed by atoms with van der Waals surface area (Å²) < 4.78 is 13.6. The van der Waals surface area contributed by atoms with E-state index in [2.05, 4.69) is 17.1 Å². The van der Waals surface area contributed by atoms with Gasteiger partial charge < -0.3 is 15.1 Å². The van der Waals surface area contributed by atoms with E-state index in [1.54, 1.807) is 17.0 Å². The molecule has 2 saturated heterocycles. The molecule has 2 aliphatic rings. The molecule has 1 N–H and O–H groups in total. The molecule has 6 nitrogen and oxygen atoms in total. The Bertz CT molecular complexity index is 678. The molecule has 0 saturated carbocycles. The second kappa shape index (κ2) is 9.98. The molecular formula is C21H31FN4O2. The van der Waals surface area contributed by atoms with Gasteiger partial charge in [0.25, 0.3) is 5.91 Å². The predicted octanol–water partition coefficient (Wildman–Crippen LogP) is 1.57. The van der Waals surface area contributed by atoms with Crippen LogP contribution in [0.4, 0.5) is 4.39 Å². The van der Waals surface area contributed by atoms with Gasteiger partial charge in [-0.15, -0.1) is 0 Å². The molecular weight excluding hydrogens is 359 g/mol. The molecule has 1 aromatic carbocycles. The van der Waals surface area contributed by atoms with Crippen LogP contribution in [0.2, 0.25) is 0 Å². The number of rotatable bonds is 7. The molecule has 0 spiro atoms. The Morgan fingerprint density at radius 3 is 2.75 bits per heavy atom. The summed E-state index contributed by atoms with van der Waals surface area (Å²) in [5.74, 6) is -0.536. The van der Waals surface area contributed by atoms with Crippen molar-refractivity contribution < 1.29 is 14.0 Å². The van der Waals surface area contributed by atoms with E-state index < -0.39 is 5.82 Å². The van der Waals surface area contributed by atoms with Crippen LogP contribution in [0.5, 0.6) is 0 Å². The molecule has 7 heteroatoms. The number of halogens is 1. The summed E-state index contributed by atoms with van der Waals surface area (Å²) in [6.45, 7) is 8.12. The van der Waals surface area contributed by atoms with Crippen molar-refractivity contribution in [1.29, 1.82) is 0 Å². The average molecular weight is 391 g/mol. The Kier molecular flexibility index (Phi) is 7.39. The number of hydrogen-bond donors (Lipinski definition) is 1. The summed E-state index contributed by atoms with van der Waals surface area (Å²) in [6.07, 6.45) is 2.48. The Morgan fingerprint density at radius 1 is 1.25 bits per heavy atom. The molecule has 1 atom stereocenters. The SMILES string of the molecule is CCN1CCC[C@@H]1CN(CCC(=O)N1CCNCC1)C(=O)c1cccc(F)c1. The molecule has 2 heterocycles. The van der Waals surface area contributed by atoms with Gasteiger partial charge in [0.2, 0.25) is 5.91 Å². The van der Waals surface area contributed by atoms with Crippen molar-refractivity contribution in [3.05, 3.63) is 35.6 Å². The number of nitrogens with zero attached hydrogens (tertiary/aromatic N) is 3. The Labute approximate surface area is 166 Å². The second-order valence-electron chi connectivity index (χ2n) is 7.57. The highest BCUT2D eigenvalue weighted by molar-refractivity contribution is 5.94. The highest BCUT2D eigenvalue weighted by Gasteiger charge is 2.28. The third-order valence-corrected chi connectivity index (χ3v) is 5.76. The van der Waals surface area contributed by atoms with Crippen LogP contribution in [0.1, 0.15) is 36.5 Å². The smallest absolute Gasteiger partial charge is 0.254 e. The van der Waals surface area contributed by atoms with Gasteiger partial charge in [0, 0.05) is 57.3 Å². The van der Waals surface area contributed by atoms with Crippen molar-refractivity contribution in [2.24, 2.45) is 0 Å². The van der Waals surface area contributed by atoms with Gasteiger partial charge in [-0.2, -0.15) is 0 Å². The first-order valence-corrected chi connectivity index (χ1v) is 10.4. The number of likely N-dealkylation sites (tertiary alicyclic amines) is 1. The lowest BCUT2D eigenvalue weighted by Gasteiger charge is -2.32. The number of piperazine rings is 1. The maximum Gasteiger partial charge on any atom is 0.254 e. The van der Waals surface area contributed by atoms with E-state index in [4.69, 9.17) is 0 Å². The molecule has 0 bridgehead atoms. The summed E-state index contributed by atoms with van der Waals surface area (Å²) in [5, 5.41) is 3.24. The molecule has 3 rings (SSSR count). The second-order valence-corrected chi connectivity index (χ2v) is 7.57. The van der Waals surface area contributed by atoms with Gasteiger partial charge in [-0.3, -0.25) is 14.5 Å². The van der Waals surface area contributed by atoms with Gasteiger partial charge in [0.1, 0.15) is 5.82 Å². The van der Waals surface area contributed by atoms with Crippen LogP contribution in [-0.4, -0.2) is 84.9 Å². The fourth-order valence-corrected chi connectivity index (χ4v) is 4.16. The van der Waals surface area contributed by atoms with E-state index in [1.165, 1.54) is 12.1 Å². The first-order chi connectivity index (χ1) is 13.6. The topological polar surface area (TPSA) is 55.9 Å². The van der Waals surface area contributed by atoms with E-state index in [0.29, 0.717) is 44.2 Å². The van der Waals surface area contributed by atoms with Gasteiger partial charge in [-0.05, 0) is 44.1 Å². The van der Waals surface area contributed by atoms with Crippen LogP contribution in [0.25, 0.3) is 0 Å². The number of hydrogen-bond acceptors (Lipinski definition) is 4. The largest absolute Gasteiger partial charge is 0.340 e. The maximum atomic E-state index is 13.6. The van der Waals surface area contributed by atoms with Gasteiger partial charge in [-0.1, -0.05) is 13.0 Å². The standard InChI is InChI=1S/C21H31FN4O2/c1-2-24-11-4-7-19(24)16-26(21(28)17-5-3-6-18(22)15-17)12-8-20(27)25-13-9-23-10-14-25/h3,5-6,15,19,23H,2,4,7-14,16H2,1H3/t19-/m1/s1. The van der Waals surface area contributed by atoms with Crippen molar-refractivity contribution in [3.8, 4) is 0 Å². The van der Waals surface area contributed by atoms with Crippen molar-refractivity contribution >= 4 is 11.8 Å². The summed E-state index contributed by atoms with van der Waals surface area (Å²) in [6, 6.07) is 6.12. The van der Waals surface area contributed by atoms with Crippen molar-refractivity contribution in [2.75, 3.05) is 52.4 Å². The zero-order valence-corrected chi connectivity index (χ0v) is 16.7. The van der Waals surface area contributed by atoms with E-state index in [0.717, 1.165) is 39.0 Å². The summed E-state index contributed by atoms with van der Waals surface area (Å²) >= 11 is 0. The molecule has 0 aliphatic carbocycles. The van der Waals surface area contributed by atoms with Crippen molar-refractivity contribution in [1.82, 2.24) is 20.0 Å². The maximum absolute atomic E-state index is 13.6. The van der Waals surface area contributed by atoms with Crippen LogP contribution < -0.4 is 5.32 Å². The zero-order chi connectivity index (χ0) is 19.9. The lowest BCUT2D eigenvalue weighted by molar-refractivity contribution is -0.132. The first kappa shape index (κ1) is 20.7. The molecule has 2 fully saturated rings. The molecule has 28 heavy (non-hydrogen) atoms. The van der Waals surface area contributed by atoms with Crippen molar-refractivity contribution in [3.63, 3.8) is 0 Å². The minimum atomic E-state index is -0.418. The van der Waals surface area contributed by atoms with Crippen molar-refractivity contribution in [2.45, 2.75) is 32.2 Å². The molecule has 0 radical (unpaired) electrons. The number of carbonyl (C=O) groups excluding carboxylic acids is 2.